The van der Waals surface area contributed by atoms with E-state index in [4.69, 9.17) is 5.73 Å². The van der Waals surface area contributed by atoms with Crippen LogP contribution in [-0.2, 0) is 0 Å². The average molecular weight is 205 g/mol. The predicted octanol–water partition coefficient (Wildman–Crippen LogP) is 2.97. The predicted molar refractivity (Wildman–Crippen MR) is 60.8 cm³/mol. The summed E-state index contributed by atoms with van der Waals surface area (Å²) in [5, 5.41) is 0. The first-order valence-corrected chi connectivity index (χ1v) is 5.36. The van der Waals surface area contributed by atoms with Crippen LogP contribution >= 0.6 is 0 Å². The molecule has 80 valence electrons. The van der Waals surface area contributed by atoms with Crippen molar-refractivity contribution in [1.29, 1.82) is 0 Å². The zero-order chi connectivity index (χ0) is 10.7. The molecule has 1 aliphatic carbocycles. The van der Waals surface area contributed by atoms with E-state index < -0.39 is 0 Å². The Kier molecular flexibility index (Phi) is 2.87. The van der Waals surface area contributed by atoms with Gasteiger partial charge in [-0.3, -0.25) is 0 Å². The second-order valence-corrected chi connectivity index (χ2v) is 4.36. The minimum atomic E-state index is -0.187. The smallest absolute Gasteiger partial charge is 0.123 e. The summed E-state index contributed by atoms with van der Waals surface area (Å²) >= 11 is 0. The Hall–Kier alpha value is -1.15. The summed E-state index contributed by atoms with van der Waals surface area (Å²) in [5.74, 6) is -0.187. The number of halogens is 1. The van der Waals surface area contributed by atoms with Crippen molar-refractivity contribution in [3.05, 3.63) is 41.7 Å². The van der Waals surface area contributed by atoms with E-state index in [1.165, 1.54) is 25.0 Å². The van der Waals surface area contributed by atoms with Crippen LogP contribution in [0.3, 0.4) is 0 Å². The van der Waals surface area contributed by atoms with E-state index in [9.17, 15) is 4.39 Å². The first-order chi connectivity index (χ1) is 7.24. The Bertz CT molecular complexity index is 349. The van der Waals surface area contributed by atoms with Gasteiger partial charge >= 0.3 is 0 Å². The SMILES string of the molecule is NCC1(C/C=C/c2ccc(F)cc2)CC1. The van der Waals surface area contributed by atoms with E-state index in [2.05, 4.69) is 6.08 Å². The van der Waals surface area contributed by atoms with E-state index in [1.54, 1.807) is 12.1 Å². The van der Waals surface area contributed by atoms with Gasteiger partial charge in [-0.25, -0.2) is 4.39 Å². The quantitative estimate of drug-likeness (QED) is 0.803. The molecule has 0 radical (unpaired) electrons. The molecular formula is C13H16FN. The van der Waals surface area contributed by atoms with E-state index in [0.29, 0.717) is 5.41 Å². The summed E-state index contributed by atoms with van der Waals surface area (Å²) in [4.78, 5) is 0. The molecule has 2 N–H and O–H groups in total. The first-order valence-electron chi connectivity index (χ1n) is 5.36. The van der Waals surface area contributed by atoms with Crippen molar-refractivity contribution in [3.63, 3.8) is 0 Å². The Morgan fingerprint density at radius 2 is 1.93 bits per heavy atom. The molecule has 0 aromatic heterocycles. The molecule has 0 unspecified atom stereocenters. The lowest BCUT2D eigenvalue weighted by Crippen LogP contribution is -2.13. The molecule has 0 amide bonds. The molecule has 0 saturated heterocycles. The van der Waals surface area contributed by atoms with Gasteiger partial charge in [0.15, 0.2) is 0 Å². The Balaban J connectivity index is 1.91. The third-order valence-electron chi connectivity index (χ3n) is 3.12. The molecule has 1 fully saturated rings. The molecular weight excluding hydrogens is 189 g/mol. The van der Waals surface area contributed by atoms with Gasteiger partial charge in [0.2, 0.25) is 0 Å². The lowest BCUT2D eigenvalue weighted by molar-refractivity contribution is 0.534. The number of allylic oxidation sites excluding steroid dienone is 1. The second-order valence-electron chi connectivity index (χ2n) is 4.36. The maximum absolute atomic E-state index is 12.6. The van der Waals surface area contributed by atoms with Gasteiger partial charge in [-0.05, 0) is 48.9 Å². The van der Waals surface area contributed by atoms with Gasteiger partial charge in [-0.15, -0.1) is 0 Å². The van der Waals surface area contributed by atoms with Crippen molar-refractivity contribution < 1.29 is 4.39 Å². The molecule has 1 aromatic carbocycles. The fraction of sp³-hybridized carbons (Fsp3) is 0.385. The van der Waals surface area contributed by atoms with Gasteiger partial charge in [-0.1, -0.05) is 24.3 Å². The van der Waals surface area contributed by atoms with Gasteiger partial charge in [0, 0.05) is 0 Å². The zero-order valence-corrected chi connectivity index (χ0v) is 8.75. The Morgan fingerprint density at radius 3 is 2.47 bits per heavy atom. The molecule has 0 bridgehead atoms. The summed E-state index contributed by atoms with van der Waals surface area (Å²) in [6, 6.07) is 6.53. The van der Waals surface area contributed by atoms with Crippen LogP contribution in [0.25, 0.3) is 6.08 Å². The van der Waals surface area contributed by atoms with Gasteiger partial charge in [0.05, 0.1) is 0 Å². The summed E-state index contributed by atoms with van der Waals surface area (Å²) in [7, 11) is 0. The minimum Gasteiger partial charge on any atom is -0.330 e. The molecule has 2 heteroatoms. The van der Waals surface area contributed by atoms with Crippen LogP contribution in [0.1, 0.15) is 24.8 Å². The van der Waals surface area contributed by atoms with Gasteiger partial charge in [-0.2, -0.15) is 0 Å². The molecule has 2 rings (SSSR count). The van der Waals surface area contributed by atoms with Crippen LogP contribution in [-0.4, -0.2) is 6.54 Å². The standard InChI is InChI=1S/C13H16FN/c14-12-5-3-11(4-6-12)2-1-7-13(10-15)8-9-13/h1-6H,7-10,15H2/b2-1+. The van der Waals surface area contributed by atoms with E-state index >= 15 is 0 Å². The maximum atomic E-state index is 12.6. The number of nitrogens with two attached hydrogens (primary N) is 1. The zero-order valence-electron chi connectivity index (χ0n) is 8.75. The Labute approximate surface area is 89.8 Å². The number of hydrogen-bond acceptors (Lipinski definition) is 1. The molecule has 15 heavy (non-hydrogen) atoms. The number of rotatable bonds is 4. The average Bonchev–Trinajstić information content (AvgIpc) is 3.02. The highest BCUT2D eigenvalue weighted by atomic mass is 19.1. The van der Waals surface area contributed by atoms with Gasteiger partial charge in [0.1, 0.15) is 5.82 Å². The third kappa shape index (κ3) is 2.66. The molecule has 0 heterocycles. The van der Waals surface area contributed by atoms with E-state index in [0.717, 1.165) is 18.5 Å². The first kappa shape index (κ1) is 10.4. The van der Waals surface area contributed by atoms with Crippen molar-refractivity contribution in [2.75, 3.05) is 6.54 Å². The van der Waals surface area contributed by atoms with Crippen LogP contribution < -0.4 is 5.73 Å². The fourth-order valence-electron chi connectivity index (χ4n) is 1.69. The van der Waals surface area contributed by atoms with Crippen LogP contribution in [0.4, 0.5) is 4.39 Å². The molecule has 1 saturated carbocycles. The van der Waals surface area contributed by atoms with Crippen molar-refractivity contribution in [3.8, 4) is 0 Å². The van der Waals surface area contributed by atoms with Crippen LogP contribution in [0.2, 0.25) is 0 Å². The normalized spacial score (nSPS) is 18.3. The van der Waals surface area contributed by atoms with Crippen molar-refractivity contribution in [2.24, 2.45) is 11.1 Å². The third-order valence-corrected chi connectivity index (χ3v) is 3.12. The highest BCUT2D eigenvalue weighted by molar-refractivity contribution is 5.48. The van der Waals surface area contributed by atoms with E-state index in [-0.39, 0.29) is 5.82 Å². The lowest BCUT2D eigenvalue weighted by Gasteiger charge is -2.07. The molecule has 0 spiro atoms. The molecule has 1 aliphatic rings. The largest absolute Gasteiger partial charge is 0.330 e. The lowest BCUT2D eigenvalue weighted by atomic mass is 10.0. The molecule has 0 atom stereocenters. The molecule has 1 nitrogen and oxygen atoms in total. The van der Waals surface area contributed by atoms with Crippen LogP contribution in [0.5, 0.6) is 0 Å². The topological polar surface area (TPSA) is 26.0 Å². The van der Waals surface area contributed by atoms with Gasteiger partial charge < -0.3 is 5.73 Å². The van der Waals surface area contributed by atoms with E-state index in [1.807, 2.05) is 6.08 Å². The van der Waals surface area contributed by atoms with Crippen molar-refractivity contribution in [1.82, 2.24) is 0 Å². The van der Waals surface area contributed by atoms with Gasteiger partial charge in [0.25, 0.3) is 0 Å². The monoisotopic (exact) mass is 205 g/mol. The summed E-state index contributed by atoms with van der Waals surface area (Å²) in [6.07, 6.45) is 7.72. The molecule has 0 aliphatic heterocycles. The number of hydrogen-bond donors (Lipinski definition) is 1. The highest BCUT2D eigenvalue weighted by Gasteiger charge is 2.39. The molecule has 1 aromatic rings. The highest BCUT2D eigenvalue weighted by Crippen LogP contribution is 2.47. The van der Waals surface area contributed by atoms with Crippen LogP contribution in [0, 0.1) is 11.2 Å². The van der Waals surface area contributed by atoms with Crippen molar-refractivity contribution >= 4 is 6.08 Å². The summed E-state index contributed by atoms with van der Waals surface area (Å²) in [5.41, 5.74) is 7.12. The maximum Gasteiger partial charge on any atom is 0.123 e. The number of benzene rings is 1. The fourth-order valence-corrected chi connectivity index (χ4v) is 1.69. The Morgan fingerprint density at radius 1 is 1.27 bits per heavy atom. The minimum absolute atomic E-state index is 0.187. The summed E-state index contributed by atoms with van der Waals surface area (Å²) in [6.45, 7) is 0.779. The van der Waals surface area contributed by atoms with Crippen molar-refractivity contribution in [2.45, 2.75) is 19.3 Å². The summed E-state index contributed by atoms with van der Waals surface area (Å²) < 4.78 is 12.6. The van der Waals surface area contributed by atoms with Crippen LogP contribution in [0.15, 0.2) is 30.3 Å². The second kappa shape index (κ2) is 4.15.